The first-order chi connectivity index (χ1) is 27.5. The van der Waals surface area contributed by atoms with E-state index in [1.54, 1.807) is 12.1 Å². The predicted molar refractivity (Wildman–Crippen MR) is 207 cm³/mol. The van der Waals surface area contributed by atoms with Gasteiger partial charge in [-0.2, -0.15) is 5.26 Å². The van der Waals surface area contributed by atoms with Crippen LogP contribution in [0, 0.1) is 25.2 Å². The second kappa shape index (κ2) is 13.8. The number of thioether (sulfide) groups is 1. The first kappa shape index (κ1) is 37.4. The van der Waals surface area contributed by atoms with Crippen molar-refractivity contribution in [3.8, 4) is 46.3 Å². The summed E-state index contributed by atoms with van der Waals surface area (Å²) in [5.74, 6) is 0.869. The molecular weight excluding hydrogens is 753 g/mol. The topological polar surface area (TPSA) is 172 Å². The molecule has 7 aliphatic rings. The zero-order valence-corrected chi connectivity index (χ0v) is 33.2. The number of nitrogens with zero attached hydrogens (tertiary/aromatic N) is 3. The molecule has 7 aliphatic heterocycles. The highest BCUT2D eigenvalue weighted by Crippen LogP contribution is 2.65. The molecule has 0 aromatic heterocycles. The Morgan fingerprint density at radius 1 is 1.11 bits per heavy atom. The summed E-state index contributed by atoms with van der Waals surface area (Å²) in [5.41, 5.74) is 4.30. The zero-order chi connectivity index (χ0) is 40.1. The number of carbonyl (C=O) groups is 2. The summed E-state index contributed by atoms with van der Waals surface area (Å²) in [4.78, 5) is 32.2. The molecule has 0 saturated carbocycles. The Balaban J connectivity index is 1.35. The minimum Gasteiger partial charge on any atom is -0.504 e. The van der Waals surface area contributed by atoms with Crippen molar-refractivity contribution < 1.29 is 48.2 Å². The van der Waals surface area contributed by atoms with Crippen LogP contribution in [0.4, 0.5) is 0 Å². The van der Waals surface area contributed by atoms with E-state index in [9.17, 15) is 25.1 Å². The smallest absolute Gasteiger partial charge is 0.331 e. The third-order valence-electron chi connectivity index (χ3n) is 12.6. The highest BCUT2D eigenvalue weighted by Gasteiger charge is 2.62. The maximum absolute atomic E-state index is 14.8. The molecule has 2 saturated heterocycles. The van der Waals surface area contributed by atoms with Gasteiger partial charge in [0.15, 0.2) is 40.0 Å². The third kappa shape index (κ3) is 5.26. The highest BCUT2D eigenvalue weighted by molar-refractivity contribution is 7.99. The van der Waals surface area contributed by atoms with Gasteiger partial charge in [0.25, 0.3) is 0 Å². The molecule has 2 unspecified atom stereocenters. The number of hydrogen-bond donors (Lipinski definition) is 3. The molecule has 2 fully saturated rings. The minimum atomic E-state index is -1.38. The minimum absolute atomic E-state index is 0.0262. The number of aryl methyl sites for hydroxylation is 1. The number of rotatable bonds is 5. The van der Waals surface area contributed by atoms with Crippen LogP contribution >= 0.6 is 11.8 Å². The Kier molecular flexibility index (Phi) is 9.04. The summed E-state index contributed by atoms with van der Waals surface area (Å²) in [7, 11) is 3.00. The van der Waals surface area contributed by atoms with E-state index in [1.165, 1.54) is 32.9 Å². The SMILES string of the molecule is C=CCN1[C@@H]2c3c(cc(C)c(OC)c3O)C[C@@H]1[C@H](C#N)N1C2[C@@H]2SCC3(NCCc4cc(O)c(OC)cc43)C(=O)OC[C@@H]1c1c3c(c(C)c(OC(C)=O)c12)OCO3. The number of esters is 2. The maximum atomic E-state index is 14.8. The van der Waals surface area contributed by atoms with Crippen molar-refractivity contribution in [2.24, 2.45) is 0 Å². The van der Waals surface area contributed by atoms with Gasteiger partial charge in [0.05, 0.1) is 37.6 Å². The molecule has 0 aliphatic carbocycles. The van der Waals surface area contributed by atoms with Gasteiger partial charge < -0.3 is 38.6 Å². The fourth-order valence-corrected chi connectivity index (χ4v) is 12.1. The number of piperazine rings is 1. The van der Waals surface area contributed by atoms with Crippen molar-refractivity contribution >= 4 is 23.7 Å². The average Bonchev–Trinajstić information content (AvgIpc) is 3.68. The molecule has 3 N–H and O–H groups in total. The van der Waals surface area contributed by atoms with E-state index >= 15 is 0 Å². The molecule has 14 nitrogen and oxygen atoms in total. The molecule has 7 atom stereocenters. The van der Waals surface area contributed by atoms with Crippen LogP contribution in [0.5, 0.6) is 40.2 Å². The van der Waals surface area contributed by atoms with E-state index in [1.807, 2.05) is 26.0 Å². The average molecular weight is 797 g/mol. The van der Waals surface area contributed by atoms with Gasteiger partial charge in [-0.25, -0.2) is 4.79 Å². The zero-order valence-electron chi connectivity index (χ0n) is 32.3. The normalized spacial score (nSPS) is 28.2. The van der Waals surface area contributed by atoms with Crippen molar-refractivity contribution in [3.63, 3.8) is 0 Å². The van der Waals surface area contributed by atoms with Crippen LogP contribution in [0.1, 0.15) is 68.8 Å². The lowest BCUT2D eigenvalue weighted by Crippen LogP contribution is -2.70. The molecular formula is C42H44N4O10S. The number of methoxy groups -OCH3 is 2. The quantitative estimate of drug-likeness (QED) is 0.187. The Morgan fingerprint density at radius 2 is 1.89 bits per heavy atom. The number of nitriles is 1. The molecule has 0 amide bonds. The van der Waals surface area contributed by atoms with Crippen LogP contribution in [0.2, 0.25) is 0 Å². The number of nitrogens with one attached hydrogen (secondary N) is 1. The number of hydrogen-bond acceptors (Lipinski definition) is 15. The first-order valence-corrected chi connectivity index (χ1v) is 20.1. The number of ether oxygens (including phenoxy) is 6. The number of fused-ring (bicyclic) bond motifs is 9. The standard InChI is InChI=1S/C42H44N4O10S/c1-7-10-45-25-12-23-11-19(2)36(52-6)35(49)30(23)33(45)34-40-32-31(39-38(54-18-55-39)20(3)37(32)56-21(4)47)27(46(34)26(25)15-43)16-53-41(50)42(17-57-40)24-14-29(51-5)28(48)13-22(24)8-9-44-42/h7,11,13-14,25-27,33-34,40,44,48-49H,1,8-10,12,16-18H2,2-6H3/t25-,26+,27-,33-,34?,40-,42?/m1/s1. The predicted octanol–water partition coefficient (Wildman–Crippen LogP) is 4.54. The van der Waals surface area contributed by atoms with Crippen molar-refractivity contribution in [1.29, 1.82) is 5.26 Å². The summed E-state index contributed by atoms with van der Waals surface area (Å²) < 4.78 is 36.2. The molecule has 298 valence electrons. The van der Waals surface area contributed by atoms with Crippen molar-refractivity contribution in [2.75, 3.05) is 46.5 Å². The van der Waals surface area contributed by atoms with Crippen LogP contribution in [0.15, 0.2) is 30.9 Å². The summed E-state index contributed by atoms with van der Waals surface area (Å²) in [5, 5.41) is 37.2. The van der Waals surface area contributed by atoms with Gasteiger partial charge >= 0.3 is 11.9 Å². The van der Waals surface area contributed by atoms with Gasteiger partial charge in [-0.05, 0) is 61.1 Å². The lowest BCUT2D eigenvalue weighted by Gasteiger charge is -2.62. The number of carbonyl (C=O) groups excluding carboxylic acids is 2. The summed E-state index contributed by atoms with van der Waals surface area (Å²) >= 11 is 1.47. The molecule has 3 aromatic rings. The number of aromatic hydroxyl groups is 2. The highest BCUT2D eigenvalue weighted by atomic mass is 32.2. The van der Waals surface area contributed by atoms with E-state index in [2.05, 4.69) is 27.8 Å². The second-order valence-corrected chi connectivity index (χ2v) is 16.5. The first-order valence-electron chi connectivity index (χ1n) is 19.0. The van der Waals surface area contributed by atoms with Crippen LogP contribution in [0.3, 0.4) is 0 Å². The van der Waals surface area contributed by atoms with Gasteiger partial charge in [-0.15, -0.1) is 18.3 Å². The van der Waals surface area contributed by atoms with Gasteiger partial charge in [-0.3, -0.25) is 19.9 Å². The summed E-state index contributed by atoms with van der Waals surface area (Å²) in [6.45, 7) is 9.75. The van der Waals surface area contributed by atoms with Gasteiger partial charge in [-0.1, -0.05) is 12.1 Å². The van der Waals surface area contributed by atoms with E-state index < -0.39 is 46.9 Å². The Bertz CT molecular complexity index is 2290. The van der Waals surface area contributed by atoms with E-state index in [-0.39, 0.29) is 42.4 Å². The molecule has 1 spiro atoms. The van der Waals surface area contributed by atoms with Gasteiger partial charge in [0, 0.05) is 60.1 Å². The molecule has 0 radical (unpaired) electrons. The lowest BCUT2D eigenvalue weighted by molar-refractivity contribution is -0.157. The molecule has 15 heteroatoms. The molecule has 4 bridgehead atoms. The lowest BCUT2D eigenvalue weighted by atomic mass is 9.71. The summed E-state index contributed by atoms with van der Waals surface area (Å²) in [6, 6.07) is 5.08. The van der Waals surface area contributed by atoms with Crippen LogP contribution < -0.4 is 29.0 Å². The Hall–Kier alpha value is -5.14. The fourth-order valence-electron chi connectivity index (χ4n) is 10.4. The van der Waals surface area contributed by atoms with Crippen LogP contribution in [-0.2, 0) is 32.7 Å². The number of benzene rings is 3. The van der Waals surface area contributed by atoms with Crippen LogP contribution in [0.25, 0.3) is 0 Å². The number of phenolic OH excluding ortho intramolecular Hbond substituents is 2. The molecule has 3 aromatic carbocycles. The largest absolute Gasteiger partial charge is 0.504 e. The van der Waals surface area contributed by atoms with E-state index in [0.29, 0.717) is 76.7 Å². The fraction of sp³-hybridized carbons (Fsp3) is 0.452. The molecule has 10 rings (SSSR count). The van der Waals surface area contributed by atoms with Crippen LogP contribution in [-0.4, -0.2) is 96.5 Å². The Labute approximate surface area is 334 Å². The maximum Gasteiger partial charge on any atom is 0.331 e. The summed E-state index contributed by atoms with van der Waals surface area (Å²) in [6.07, 6.45) is 2.82. The van der Waals surface area contributed by atoms with E-state index in [4.69, 9.17) is 28.4 Å². The van der Waals surface area contributed by atoms with Gasteiger partial charge in [0.1, 0.15) is 18.4 Å². The van der Waals surface area contributed by atoms with Crippen molar-refractivity contribution in [3.05, 3.63) is 75.4 Å². The Morgan fingerprint density at radius 3 is 2.61 bits per heavy atom. The monoisotopic (exact) mass is 796 g/mol. The molecule has 57 heavy (non-hydrogen) atoms. The van der Waals surface area contributed by atoms with Crippen molar-refractivity contribution in [1.82, 2.24) is 15.1 Å². The van der Waals surface area contributed by atoms with E-state index in [0.717, 1.165) is 16.7 Å². The number of phenols is 2. The van der Waals surface area contributed by atoms with Crippen molar-refractivity contribution in [2.45, 2.75) is 74.6 Å². The second-order valence-electron chi connectivity index (χ2n) is 15.4. The van der Waals surface area contributed by atoms with Gasteiger partial charge in [0.2, 0.25) is 6.79 Å². The third-order valence-corrected chi connectivity index (χ3v) is 14.1. The molecule has 7 heterocycles.